The van der Waals surface area contributed by atoms with Gasteiger partial charge in [0.2, 0.25) is 0 Å². The van der Waals surface area contributed by atoms with Crippen molar-refractivity contribution in [2.24, 2.45) is 29.1 Å². The second-order valence-corrected chi connectivity index (χ2v) is 7.43. The molecule has 3 aliphatic carbocycles. The third-order valence-electron chi connectivity index (χ3n) is 6.70. The fourth-order valence-electron chi connectivity index (χ4n) is 5.55. The number of terminal acetylenes is 1. The summed E-state index contributed by atoms with van der Waals surface area (Å²) in [4.78, 5) is 12.3. The van der Waals surface area contributed by atoms with Gasteiger partial charge >= 0.3 is 0 Å². The van der Waals surface area contributed by atoms with Gasteiger partial charge in [0.05, 0.1) is 6.10 Å². The Kier molecular flexibility index (Phi) is 3.67. The number of fused-ring (bicyclic) bond motifs is 3. The van der Waals surface area contributed by atoms with Crippen molar-refractivity contribution in [1.29, 1.82) is 0 Å². The maximum Gasteiger partial charge on any atom is 0.136 e. The Bertz CT molecular complexity index is 435. The largest absolute Gasteiger partial charge is 0.393 e. The van der Waals surface area contributed by atoms with E-state index in [1.807, 2.05) is 0 Å². The van der Waals surface area contributed by atoms with Crippen LogP contribution < -0.4 is 0 Å². The topological polar surface area (TPSA) is 37.3 Å². The molecule has 0 heterocycles. The van der Waals surface area contributed by atoms with Crippen molar-refractivity contribution in [2.75, 3.05) is 0 Å². The van der Waals surface area contributed by atoms with Gasteiger partial charge in [-0.05, 0) is 61.7 Å². The molecule has 0 aromatic rings. The van der Waals surface area contributed by atoms with E-state index in [9.17, 15) is 9.90 Å². The molecule has 6 atom stereocenters. The van der Waals surface area contributed by atoms with Crippen LogP contribution >= 0.6 is 0 Å². The summed E-state index contributed by atoms with van der Waals surface area (Å²) in [5.41, 5.74) is 0.109. The minimum atomic E-state index is -0.129. The zero-order chi connectivity index (χ0) is 14.3. The molecule has 2 nitrogen and oxygen atoms in total. The normalized spacial score (nSPS) is 47.5. The molecule has 20 heavy (non-hydrogen) atoms. The first-order valence-electron chi connectivity index (χ1n) is 8.22. The fraction of sp³-hybridized carbons (Fsp3) is 0.833. The van der Waals surface area contributed by atoms with Crippen LogP contribution in [0.3, 0.4) is 0 Å². The van der Waals surface area contributed by atoms with Crippen LogP contribution in [0.15, 0.2) is 0 Å². The minimum absolute atomic E-state index is 0.109. The summed E-state index contributed by atoms with van der Waals surface area (Å²) in [6, 6.07) is 0. The van der Waals surface area contributed by atoms with E-state index < -0.39 is 0 Å². The Balaban J connectivity index is 1.81. The molecule has 0 aromatic carbocycles. The average Bonchev–Trinajstić information content (AvgIpc) is 2.74. The third-order valence-corrected chi connectivity index (χ3v) is 6.70. The second kappa shape index (κ2) is 5.19. The molecule has 1 N–H and O–H groups in total. The molecule has 3 fully saturated rings. The lowest BCUT2D eigenvalue weighted by Crippen LogP contribution is -2.48. The first-order chi connectivity index (χ1) is 9.58. The molecule has 3 rings (SSSR count). The van der Waals surface area contributed by atoms with E-state index in [2.05, 4.69) is 12.8 Å². The van der Waals surface area contributed by atoms with Crippen LogP contribution in [0.1, 0.15) is 58.3 Å². The van der Waals surface area contributed by atoms with Crippen molar-refractivity contribution < 1.29 is 9.90 Å². The molecule has 0 bridgehead atoms. The lowest BCUT2D eigenvalue weighted by atomic mass is 9.53. The van der Waals surface area contributed by atoms with Crippen molar-refractivity contribution in [1.82, 2.24) is 0 Å². The van der Waals surface area contributed by atoms with E-state index in [0.29, 0.717) is 23.5 Å². The van der Waals surface area contributed by atoms with Crippen molar-refractivity contribution in [3.8, 4) is 12.3 Å². The summed E-state index contributed by atoms with van der Waals surface area (Å²) in [6.45, 7) is 2.28. The van der Waals surface area contributed by atoms with Crippen LogP contribution in [-0.2, 0) is 4.79 Å². The van der Waals surface area contributed by atoms with Gasteiger partial charge in [0.25, 0.3) is 0 Å². The first-order valence-corrected chi connectivity index (χ1v) is 8.22. The number of rotatable bonds is 2. The zero-order valence-corrected chi connectivity index (χ0v) is 12.5. The van der Waals surface area contributed by atoms with Gasteiger partial charge in [0.1, 0.15) is 5.78 Å². The van der Waals surface area contributed by atoms with Gasteiger partial charge < -0.3 is 5.11 Å². The second-order valence-electron chi connectivity index (χ2n) is 7.43. The highest BCUT2D eigenvalue weighted by atomic mass is 16.3. The van der Waals surface area contributed by atoms with Crippen LogP contribution in [0, 0.1) is 41.4 Å². The molecule has 0 aromatic heterocycles. The van der Waals surface area contributed by atoms with Gasteiger partial charge in [-0.2, -0.15) is 0 Å². The fourth-order valence-corrected chi connectivity index (χ4v) is 5.55. The van der Waals surface area contributed by atoms with Gasteiger partial charge in [-0.3, -0.25) is 4.79 Å². The predicted molar refractivity (Wildman–Crippen MR) is 78.8 cm³/mol. The van der Waals surface area contributed by atoms with Crippen LogP contribution in [-0.4, -0.2) is 17.0 Å². The monoisotopic (exact) mass is 274 g/mol. The Morgan fingerprint density at radius 3 is 2.85 bits per heavy atom. The van der Waals surface area contributed by atoms with E-state index in [0.717, 1.165) is 51.4 Å². The molecule has 0 aliphatic heterocycles. The summed E-state index contributed by atoms with van der Waals surface area (Å²) >= 11 is 0. The molecule has 110 valence electrons. The third kappa shape index (κ3) is 2.02. The highest BCUT2D eigenvalue weighted by Gasteiger charge is 2.56. The highest BCUT2D eigenvalue weighted by molar-refractivity contribution is 5.82. The highest BCUT2D eigenvalue weighted by Crippen LogP contribution is 2.60. The number of ketones is 1. The van der Waals surface area contributed by atoms with E-state index in [4.69, 9.17) is 6.42 Å². The van der Waals surface area contributed by atoms with Gasteiger partial charge in [-0.25, -0.2) is 0 Å². The van der Waals surface area contributed by atoms with Crippen LogP contribution in [0.25, 0.3) is 0 Å². The van der Waals surface area contributed by atoms with Crippen LogP contribution in [0.5, 0.6) is 0 Å². The molecule has 0 saturated heterocycles. The summed E-state index contributed by atoms with van der Waals surface area (Å²) in [5.74, 6) is 5.15. The Morgan fingerprint density at radius 2 is 2.10 bits per heavy atom. The quantitative estimate of drug-likeness (QED) is 0.785. The molecule has 3 aliphatic rings. The van der Waals surface area contributed by atoms with Crippen molar-refractivity contribution in [3.05, 3.63) is 0 Å². The Hall–Kier alpha value is -0.810. The van der Waals surface area contributed by atoms with Crippen molar-refractivity contribution in [3.63, 3.8) is 0 Å². The smallest absolute Gasteiger partial charge is 0.136 e. The van der Waals surface area contributed by atoms with E-state index >= 15 is 0 Å². The molecular weight excluding hydrogens is 248 g/mol. The standard InChI is InChI=1S/C18H26O2/c1-3-4-5-14-12-10-11-18(2)15(7-9-17(18)20)13(12)6-8-16(14)19/h1,12-15,17,20H,4-11H2,2H3. The molecule has 0 amide bonds. The maximum absolute atomic E-state index is 12.3. The van der Waals surface area contributed by atoms with Crippen molar-refractivity contribution in [2.45, 2.75) is 64.4 Å². The number of carbonyl (C=O) groups is 1. The van der Waals surface area contributed by atoms with Gasteiger partial charge in [0.15, 0.2) is 0 Å². The molecule has 6 unspecified atom stereocenters. The molecular formula is C18H26O2. The summed E-state index contributed by atoms with van der Waals surface area (Å²) in [6.07, 6.45) is 12.9. The van der Waals surface area contributed by atoms with Crippen molar-refractivity contribution >= 4 is 5.78 Å². The number of Topliss-reactive ketones (excluding diaryl/α,β-unsaturated/α-hetero) is 1. The Morgan fingerprint density at radius 1 is 1.30 bits per heavy atom. The van der Waals surface area contributed by atoms with Gasteiger partial charge in [0, 0.05) is 18.8 Å². The molecule has 0 radical (unpaired) electrons. The lowest BCUT2D eigenvalue weighted by Gasteiger charge is -2.51. The Labute approximate surface area is 122 Å². The predicted octanol–water partition coefficient (Wildman–Crippen LogP) is 3.18. The SMILES string of the molecule is C#CCCC1C(=O)CCC2C1CCC1(C)C(O)CCC21. The number of hydrogen-bond donors (Lipinski definition) is 1. The lowest BCUT2D eigenvalue weighted by molar-refractivity contribution is -0.135. The van der Waals surface area contributed by atoms with Crippen LogP contribution in [0.2, 0.25) is 0 Å². The van der Waals surface area contributed by atoms with Crippen LogP contribution in [0.4, 0.5) is 0 Å². The first kappa shape index (κ1) is 14.1. The van der Waals surface area contributed by atoms with Gasteiger partial charge in [-0.1, -0.05) is 6.92 Å². The number of hydrogen-bond acceptors (Lipinski definition) is 2. The number of aliphatic hydroxyl groups excluding tert-OH is 1. The van der Waals surface area contributed by atoms with E-state index in [1.54, 1.807) is 0 Å². The van der Waals surface area contributed by atoms with E-state index in [-0.39, 0.29) is 17.4 Å². The minimum Gasteiger partial charge on any atom is -0.393 e. The molecule has 0 spiro atoms. The maximum atomic E-state index is 12.3. The summed E-state index contributed by atoms with van der Waals surface area (Å²) < 4.78 is 0. The summed E-state index contributed by atoms with van der Waals surface area (Å²) in [7, 11) is 0. The van der Waals surface area contributed by atoms with E-state index in [1.165, 1.54) is 0 Å². The zero-order valence-electron chi connectivity index (χ0n) is 12.5. The molecule has 3 saturated carbocycles. The molecule has 2 heteroatoms. The van der Waals surface area contributed by atoms with Gasteiger partial charge in [-0.15, -0.1) is 12.3 Å². The summed E-state index contributed by atoms with van der Waals surface area (Å²) in [5, 5.41) is 10.3. The number of aliphatic hydroxyl groups is 1. The average molecular weight is 274 g/mol. The number of carbonyl (C=O) groups excluding carboxylic acids is 1.